The van der Waals surface area contributed by atoms with Gasteiger partial charge in [-0.25, -0.2) is 14.7 Å². The van der Waals surface area contributed by atoms with Gasteiger partial charge in [0.1, 0.15) is 0 Å². The van der Waals surface area contributed by atoms with Crippen molar-refractivity contribution in [1.82, 2.24) is 9.55 Å². The van der Waals surface area contributed by atoms with Crippen molar-refractivity contribution < 1.29 is 9.90 Å². The van der Waals surface area contributed by atoms with Crippen LogP contribution in [0.2, 0.25) is 0 Å². The van der Waals surface area contributed by atoms with E-state index >= 15 is 0 Å². The third-order valence-corrected chi connectivity index (χ3v) is 3.14. The van der Waals surface area contributed by atoms with Gasteiger partial charge in [-0.3, -0.25) is 4.57 Å². The summed E-state index contributed by atoms with van der Waals surface area (Å²) in [4.78, 5) is 16.8. The Balaban J connectivity index is 2.32. The van der Waals surface area contributed by atoms with E-state index in [2.05, 4.69) is 4.98 Å². The second-order valence-electron chi connectivity index (χ2n) is 4.41. The predicted molar refractivity (Wildman–Crippen MR) is 77.5 cm³/mol. The molecular formula is C15H13N3O2. The lowest BCUT2D eigenvalue weighted by Gasteiger charge is -2.15. The lowest BCUT2D eigenvalue weighted by atomic mass is 10.3. The molecule has 1 amide bonds. The Labute approximate surface area is 115 Å². The standard InChI is InChI=1S/C15H13N3O2/c1-17(15(19)20)14-16-12-9-5-6-10-13(12)18(14)11-7-3-2-4-8-11/h2-10H,1H3,(H,19,20). The van der Waals surface area contributed by atoms with Crippen LogP contribution in [0, 0.1) is 0 Å². The van der Waals surface area contributed by atoms with Gasteiger partial charge in [-0.1, -0.05) is 30.3 Å². The van der Waals surface area contributed by atoms with Crippen LogP contribution in [0.15, 0.2) is 54.6 Å². The van der Waals surface area contributed by atoms with E-state index in [0.717, 1.165) is 21.6 Å². The van der Waals surface area contributed by atoms with Crippen LogP contribution in [0.3, 0.4) is 0 Å². The number of hydrogen-bond donors (Lipinski definition) is 1. The molecule has 1 heterocycles. The SMILES string of the molecule is CN(C(=O)O)c1nc2ccccc2n1-c1ccccc1. The first-order chi connectivity index (χ1) is 9.68. The molecule has 3 aromatic rings. The van der Waals surface area contributed by atoms with Crippen molar-refractivity contribution in [3.05, 3.63) is 54.6 Å². The quantitative estimate of drug-likeness (QED) is 0.776. The van der Waals surface area contributed by atoms with E-state index in [1.807, 2.05) is 59.2 Å². The fourth-order valence-corrected chi connectivity index (χ4v) is 2.16. The van der Waals surface area contributed by atoms with Gasteiger partial charge in [0, 0.05) is 12.7 Å². The summed E-state index contributed by atoms with van der Waals surface area (Å²) < 4.78 is 1.84. The topological polar surface area (TPSA) is 58.4 Å². The van der Waals surface area contributed by atoms with Crippen molar-refractivity contribution in [3.63, 3.8) is 0 Å². The summed E-state index contributed by atoms with van der Waals surface area (Å²) in [7, 11) is 1.49. The van der Waals surface area contributed by atoms with Crippen LogP contribution in [0.5, 0.6) is 0 Å². The number of nitrogens with zero attached hydrogens (tertiary/aromatic N) is 3. The Morgan fingerprint density at radius 3 is 2.45 bits per heavy atom. The van der Waals surface area contributed by atoms with Crippen LogP contribution in [0.4, 0.5) is 10.7 Å². The van der Waals surface area contributed by atoms with E-state index in [4.69, 9.17) is 0 Å². The molecule has 5 nitrogen and oxygen atoms in total. The van der Waals surface area contributed by atoms with Crippen molar-refractivity contribution in [1.29, 1.82) is 0 Å². The normalized spacial score (nSPS) is 10.7. The van der Waals surface area contributed by atoms with Gasteiger partial charge >= 0.3 is 6.09 Å². The minimum absolute atomic E-state index is 0.380. The summed E-state index contributed by atoms with van der Waals surface area (Å²) in [5.41, 5.74) is 2.52. The van der Waals surface area contributed by atoms with Crippen LogP contribution in [-0.2, 0) is 0 Å². The third-order valence-electron chi connectivity index (χ3n) is 3.14. The molecule has 0 bridgehead atoms. The molecule has 0 atom stereocenters. The van der Waals surface area contributed by atoms with Crippen molar-refractivity contribution in [2.75, 3.05) is 11.9 Å². The molecule has 3 rings (SSSR count). The van der Waals surface area contributed by atoms with Gasteiger partial charge in [0.05, 0.1) is 11.0 Å². The van der Waals surface area contributed by atoms with Gasteiger partial charge in [-0.2, -0.15) is 0 Å². The van der Waals surface area contributed by atoms with E-state index in [0.29, 0.717) is 5.95 Å². The number of amides is 1. The number of benzene rings is 2. The highest BCUT2D eigenvalue weighted by molar-refractivity contribution is 5.89. The van der Waals surface area contributed by atoms with Crippen LogP contribution in [-0.4, -0.2) is 27.8 Å². The van der Waals surface area contributed by atoms with Gasteiger partial charge in [-0.15, -0.1) is 0 Å². The molecule has 0 aliphatic heterocycles. The maximum Gasteiger partial charge on any atom is 0.413 e. The number of rotatable bonds is 2. The Hall–Kier alpha value is -2.82. The highest BCUT2D eigenvalue weighted by atomic mass is 16.4. The van der Waals surface area contributed by atoms with E-state index < -0.39 is 6.09 Å². The maximum atomic E-state index is 11.2. The number of fused-ring (bicyclic) bond motifs is 1. The van der Waals surface area contributed by atoms with Gasteiger partial charge in [0.2, 0.25) is 5.95 Å². The third kappa shape index (κ3) is 1.89. The summed E-state index contributed by atoms with van der Waals surface area (Å²) in [6.07, 6.45) is -1.04. The average molecular weight is 267 g/mol. The molecule has 20 heavy (non-hydrogen) atoms. The summed E-state index contributed by atoms with van der Waals surface area (Å²) in [5.74, 6) is 0.380. The Kier molecular flexibility index (Phi) is 2.87. The summed E-state index contributed by atoms with van der Waals surface area (Å²) in [6, 6.07) is 17.2. The maximum absolute atomic E-state index is 11.2. The molecule has 2 aromatic carbocycles. The molecular weight excluding hydrogens is 254 g/mol. The Morgan fingerprint density at radius 1 is 1.10 bits per heavy atom. The van der Waals surface area contributed by atoms with Crippen LogP contribution in [0.1, 0.15) is 0 Å². The lowest BCUT2D eigenvalue weighted by Crippen LogP contribution is -2.26. The van der Waals surface area contributed by atoms with Crippen molar-refractivity contribution >= 4 is 23.1 Å². The highest BCUT2D eigenvalue weighted by Crippen LogP contribution is 2.26. The Morgan fingerprint density at radius 2 is 1.75 bits per heavy atom. The zero-order chi connectivity index (χ0) is 14.1. The molecule has 0 saturated heterocycles. The smallest absolute Gasteiger partial charge is 0.413 e. The van der Waals surface area contributed by atoms with E-state index in [1.54, 1.807) is 0 Å². The summed E-state index contributed by atoms with van der Waals surface area (Å²) in [5, 5.41) is 9.20. The fraction of sp³-hybridized carbons (Fsp3) is 0.0667. The van der Waals surface area contributed by atoms with Crippen LogP contribution in [0.25, 0.3) is 16.7 Å². The molecule has 0 spiro atoms. The average Bonchev–Trinajstić information content (AvgIpc) is 2.86. The molecule has 0 fully saturated rings. The van der Waals surface area contributed by atoms with Crippen molar-refractivity contribution in [3.8, 4) is 5.69 Å². The first-order valence-corrected chi connectivity index (χ1v) is 6.18. The predicted octanol–water partition coefficient (Wildman–Crippen LogP) is 3.14. The molecule has 100 valence electrons. The van der Waals surface area contributed by atoms with Crippen LogP contribution < -0.4 is 4.90 Å². The first kappa shape index (κ1) is 12.2. The van der Waals surface area contributed by atoms with Crippen molar-refractivity contribution in [2.24, 2.45) is 0 Å². The molecule has 0 saturated carbocycles. The first-order valence-electron chi connectivity index (χ1n) is 6.18. The van der Waals surface area contributed by atoms with E-state index in [-0.39, 0.29) is 0 Å². The summed E-state index contributed by atoms with van der Waals surface area (Å²) >= 11 is 0. The highest BCUT2D eigenvalue weighted by Gasteiger charge is 2.19. The van der Waals surface area contributed by atoms with Gasteiger partial charge in [0.15, 0.2) is 0 Å². The lowest BCUT2D eigenvalue weighted by molar-refractivity contribution is 0.203. The number of carboxylic acid groups (broad SMARTS) is 1. The molecule has 0 aliphatic carbocycles. The second kappa shape index (κ2) is 4.70. The van der Waals surface area contributed by atoms with E-state index in [1.165, 1.54) is 7.05 Å². The molecule has 5 heteroatoms. The fourth-order valence-electron chi connectivity index (χ4n) is 2.16. The second-order valence-corrected chi connectivity index (χ2v) is 4.41. The molecule has 1 aromatic heterocycles. The van der Waals surface area contributed by atoms with Crippen LogP contribution >= 0.6 is 0 Å². The number of aromatic nitrogens is 2. The van der Waals surface area contributed by atoms with Gasteiger partial charge in [-0.05, 0) is 24.3 Å². The number of hydrogen-bond acceptors (Lipinski definition) is 2. The molecule has 0 unspecified atom stereocenters. The number of carbonyl (C=O) groups is 1. The van der Waals surface area contributed by atoms with Gasteiger partial charge < -0.3 is 5.11 Å². The zero-order valence-corrected chi connectivity index (χ0v) is 10.9. The van der Waals surface area contributed by atoms with Gasteiger partial charge in [0.25, 0.3) is 0 Å². The van der Waals surface area contributed by atoms with Crippen molar-refractivity contribution in [2.45, 2.75) is 0 Å². The molecule has 0 radical (unpaired) electrons. The number of imidazole rings is 1. The zero-order valence-electron chi connectivity index (χ0n) is 10.9. The van der Waals surface area contributed by atoms with E-state index in [9.17, 15) is 9.90 Å². The summed E-state index contributed by atoms with van der Waals surface area (Å²) in [6.45, 7) is 0. The molecule has 1 N–H and O–H groups in total. The monoisotopic (exact) mass is 267 g/mol. The number of anilines is 1. The minimum atomic E-state index is -1.04. The number of para-hydroxylation sites is 3. The minimum Gasteiger partial charge on any atom is -0.465 e. The Bertz CT molecular complexity index is 765. The largest absolute Gasteiger partial charge is 0.465 e. The molecule has 0 aliphatic rings.